The SMILES string of the molecule is CCOC(OCC)C(Cc1ncnn1CC)NN. The molecule has 0 aliphatic rings. The molecule has 0 fully saturated rings. The number of aromatic nitrogens is 3. The molecule has 0 spiro atoms. The molecule has 7 nitrogen and oxygen atoms in total. The van der Waals surface area contributed by atoms with Crippen LogP contribution in [0.4, 0.5) is 0 Å². The molecule has 0 radical (unpaired) electrons. The maximum absolute atomic E-state index is 5.57. The molecule has 0 aromatic carbocycles. The van der Waals surface area contributed by atoms with Gasteiger partial charge in [-0.05, 0) is 20.8 Å². The predicted molar refractivity (Wildman–Crippen MR) is 67.6 cm³/mol. The zero-order chi connectivity index (χ0) is 13.4. The van der Waals surface area contributed by atoms with Crippen LogP contribution in [0.1, 0.15) is 26.6 Å². The van der Waals surface area contributed by atoms with Gasteiger partial charge < -0.3 is 9.47 Å². The summed E-state index contributed by atoms with van der Waals surface area (Å²) < 4.78 is 12.9. The van der Waals surface area contributed by atoms with Crippen LogP contribution in [-0.2, 0) is 22.4 Å². The van der Waals surface area contributed by atoms with E-state index in [-0.39, 0.29) is 12.3 Å². The summed E-state index contributed by atoms with van der Waals surface area (Å²) in [7, 11) is 0. The number of ether oxygens (including phenoxy) is 2. The van der Waals surface area contributed by atoms with E-state index < -0.39 is 0 Å². The Bertz CT molecular complexity index is 325. The Morgan fingerprint density at radius 2 is 2.00 bits per heavy atom. The maximum Gasteiger partial charge on any atom is 0.174 e. The van der Waals surface area contributed by atoms with Gasteiger partial charge in [-0.3, -0.25) is 16.0 Å². The smallest absolute Gasteiger partial charge is 0.174 e. The van der Waals surface area contributed by atoms with E-state index in [1.807, 2.05) is 25.5 Å². The highest BCUT2D eigenvalue weighted by atomic mass is 16.7. The third-order valence-corrected chi connectivity index (χ3v) is 2.60. The first-order valence-corrected chi connectivity index (χ1v) is 6.32. The summed E-state index contributed by atoms with van der Waals surface area (Å²) >= 11 is 0. The zero-order valence-corrected chi connectivity index (χ0v) is 11.3. The molecule has 1 rings (SSSR count). The number of rotatable bonds is 9. The van der Waals surface area contributed by atoms with Gasteiger partial charge in [-0.15, -0.1) is 0 Å². The number of hydrazine groups is 1. The maximum atomic E-state index is 5.57. The molecule has 18 heavy (non-hydrogen) atoms. The first kappa shape index (κ1) is 15.0. The molecule has 0 amide bonds. The van der Waals surface area contributed by atoms with Gasteiger partial charge >= 0.3 is 0 Å². The number of aryl methyl sites for hydroxylation is 1. The average molecular weight is 257 g/mol. The second kappa shape index (κ2) is 8.15. The minimum absolute atomic E-state index is 0.153. The quantitative estimate of drug-likeness (QED) is 0.370. The van der Waals surface area contributed by atoms with Crippen molar-refractivity contribution >= 4 is 0 Å². The average Bonchev–Trinajstić information content (AvgIpc) is 2.83. The summed E-state index contributed by atoms with van der Waals surface area (Å²) in [5, 5.41) is 4.13. The summed E-state index contributed by atoms with van der Waals surface area (Å²) in [6, 6.07) is -0.153. The molecule has 0 saturated carbocycles. The Balaban J connectivity index is 2.69. The molecule has 1 unspecified atom stereocenters. The minimum atomic E-state index is -0.382. The molecule has 0 aliphatic heterocycles. The van der Waals surface area contributed by atoms with Crippen LogP contribution >= 0.6 is 0 Å². The Hall–Kier alpha value is -1.02. The van der Waals surface area contributed by atoms with Gasteiger partial charge in [-0.2, -0.15) is 5.10 Å². The van der Waals surface area contributed by atoms with Gasteiger partial charge in [-0.1, -0.05) is 0 Å². The molecule has 1 atom stereocenters. The third-order valence-electron chi connectivity index (χ3n) is 2.60. The molecule has 1 aromatic rings. The molecule has 0 aliphatic carbocycles. The van der Waals surface area contributed by atoms with Crippen molar-refractivity contribution in [2.24, 2.45) is 5.84 Å². The fraction of sp³-hybridized carbons (Fsp3) is 0.818. The van der Waals surface area contributed by atoms with Crippen molar-refractivity contribution in [3.8, 4) is 0 Å². The molecule has 1 aromatic heterocycles. The van der Waals surface area contributed by atoms with Crippen LogP contribution < -0.4 is 11.3 Å². The van der Waals surface area contributed by atoms with Gasteiger partial charge in [0.1, 0.15) is 12.2 Å². The van der Waals surface area contributed by atoms with Crippen LogP contribution in [0.5, 0.6) is 0 Å². The highest BCUT2D eigenvalue weighted by Crippen LogP contribution is 2.08. The highest BCUT2D eigenvalue weighted by molar-refractivity contribution is 4.90. The van der Waals surface area contributed by atoms with Gasteiger partial charge in [-0.25, -0.2) is 4.98 Å². The van der Waals surface area contributed by atoms with Crippen molar-refractivity contribution in [2.45, 2.75) is 46.1 Å². The highest BCUT2D eigenvalue weighted by Gasteiger charge is 2.23. The van der Waals surface area contributed by atoms with E-state index in [0.29, 0.717) is 19.6 Å². The number of nitrogens with zero attached hydrogens (tertiary/aromatic N) is 3. The normalized spacial score (nSPS) is 13.2. The van der Waals surface area contributed by atoms with Gasteiger partial charge in [0.05, 0.1) is 6.04 Å². The predicted octanol–water partition coefficient (Wildman–Crippen LogP) is 0.0715. The lowest BCUT2D eigenvalue weighted by Gasteiger charge is -2.25. The van der Waals surface area contributed by atoms with Crippen molar-refractivity contribution in [3.05, 3.63) is 12.2 Å². The number of hydrogen-bond donors (Lipinski definition) is 2. The molecule has 104 valence electrons. The lowest BCUT2D eigenvalue weighted by molar-refractivity contribution is -0.154. The van der Waals surface area contributed by atoms with Crippen molar-refractivity contribution in [3.63, 3.8) is 0 Å². The van der Waals surface area contributed by atoms with Crippen molar-refractivity contribution in [1.29, 1.82) is 0 Å². The van der Waals surface area contributed by atoms with Crippen LogP contribution in [0.15, 0.2) is 6.33 Å². The van der Waals surface area contributed by atoms with E-state index in [9.17, 15) is 0 Å². The van der Waals surface area contributed by atoms with Crippen LogP contribution in [0.3, 0.4) is 0 Å². The van der Waals surface area contributed by atoms with Crippen LogP contribution in [0.2, 0.25) is 0 Å². The van der Waals surface area contributed by atoms with E-state index in [1.165, 1.54) is 0 Å². The van der Waals surface area contributed by atoms with Gasteiger partial charge in [0, 0.05) is 26.2 Å². The Morgan fingerprint density at radius 3 is 2.50 bits per heavy atom. The van der Waals surface area contributed by atoms with E-state index in [0.717, 1.165) is 12.4 Å². The van der Waals surface area contributed by atoms with Gasteiger partial charge in [0.2, 0.25) is 0 Å². The van der Waals surface area contributed by atoms with Gasteiger partial charge in [0.25, 0.3) is 0 Å². The Morgan fingerprint density at radius 1 is 1.33 bits per heavy atom. The Labute approximate surface area is 108 Å². The molecule has 3 N–H and O–H groups in total. The fourth-order valence-electron chi connectivity index (χ4n) is 1.75. The molecule has 7 heteroatoms. The largest absolute Gasteiger partial charge is 0.351 e. The second-order valence-electron chi connectivity index (χ2n) is 3.75. The van der Waals surface area contributed by atoms with Crippen LogP contribution in [-0.4, -0.2) is 40.3 Å². The van der Waals surface area contributed by atoms with E-state index in [1.54, 1.807) is 6.33 Å². The summed E-state index contributed by atoms with van der Waals surface area (Å²) in [6.07, 6.45) is 1.77. The molecule has 0 saturated heterocycles. The molecule has 1 heterocycles. The zero-order valence-electron chi connectivity index (χ0n) is 11.3. The third kappa shape index (κ3) is 4.02. The summed E-state index contributed by atoms with van der Waals surface area (Å²) in [6.45, 7) is 7.79. The van der Waals surface area contributed by atoms with Crippen molar-refractivity contribution < 1.29 is 9.47 Å². The standard InChI is InChI=1S/C11H23N5O2/c1-4-16-10(13-8-14-16)7-9(15-12)11(17-5-2)18-6-3/h8-9,11,15H,4-7,12H2,1-3H3. The lowest BCUT2D eigenvalue weighted by Crippen LogP contribution is -2.48. The minimum Gasteiger partial charge on any atom is -0.351 e. The number of hydrogen-bond acceptors (Lipinski definition) is 6. The fourth-order valence-corrected chi connectivity index (χ4v) is 1.75. The van der Waals surface area contributed by atoms with Gasteiger partial charge in [0.15, 0.2) is 6.29 Å². The summed E-state index contributed by atoms with van der Waals surface area (Å²) in [5.41, 5.74) is 2.73. The number of nitrogens with two attached hydrogens (primary N) is 1. The van der Waals surface area contributed by atoms with E-state index in [4.69, 9.17) is 15.3 Å². The van der Waals surface area contributed by atoms with Crippen molar-refractivity contribution in [1.82, 2.24) is 20.2 Å². The summed E-state index contributed by atoms with van der Waals surface area (Å²) in [5.74, 6) is 6.44. The topological polar surface area (TPSA) is 87.2 Å². The molecular weight excluding hydrogens is 234 g/mol. The first-order chi connectivity index (χ1) is 8.76. The lowest BCUT2D eigenvalue weighted by atomic mass is 10.2. The van der Waals surface area contributed by atoms with Crippen LogP contribution in [0.25, 0.3) is 0 Å². The number of nitrogens with one attached hydrogen (secondary N) is 1. The van der Waals surface area contributed by atoms with E-state index >= 15 is 0 Å². The second-order valence-corrected chi connectivity index (χ2v) is 3.75. The van der Waals surface area contributed by atoms with Crippen LogP contribution in [0, 0.1) is 0 Å². The first-order valence-electron chi connectivity index (χ1n) is 6.32. The molecule has 0 bridgehead atoms. The Kier molecular flexibility index (Phi) is 6.81. The summed E-state index contributed by atoms with van der Waals surface area (Å²) in [4.78, 5) is 4.22. The van der Waals surface area contributed by atoms with Crippen molar-refractivity contribution in [2.75, 3.05) is 13.2 Å². The monoisotopic (exact) mass is 257 g/mol. The van der Waals surface area contributed by atoms with E-state index in [2.05, 4.69) is 15.5 Å². The molecular formula is C11H23N5O2.